The summed E-state index contributed by atoms with van der Waals surface area (Å²) >= 11 is 2.09. The molecule has 1 rings (SSSR count). The number of aliphatic carboxylic acids is 1. The van der Waals surface area contributed by atoms with Crippen molar-refractivity contribution in [2.75, 3.05) is 18.5 Å². The van der Waals surface area contributed by atoms with Crippen molar-refractivity contribution in [2.24, 2.45) is 0 Å². The van der Waals surface area contributed by atoms with Gasteiger partial charge in [0.15, 0.2) is 0 Å². The maximum Gasteiger partial charge on any atom is 0.329 e. The number of hydrogen-bond acceptors (Lipinski definition) is 3. The summed E-state index contributed by atoms with van der Waals surface area (Å²) in [6, 6.07) is 7.28. The second-order valence-corrected chi connectivity index (χ2v) is 4.08. The molecule has 1 aromatic carbocycles. The molecule has 0 unspecified atom stereocenters. The summed E-state index contributed by atoms with van der Waals surface area (Å²) < 4.78 is 5.56. The molecule has 0 spiro atoms. The Morgan fingerprint density at radius 1 is 1.31 bits per heavy atom. The van der Waals surface area contributed by atoms with Gasteiger partial charge in [-0.15, -0.1) is 0 Å². The largest absolute Gasteiger partial charge is 0.480 e. The van der Waals surface area contributed by atoms with E-state index in [0.29, 0.717) is 5.69 Å². The van der Waals surface area contributed by atoms with Crippen LogP contribution in [0.2, 0.25) is 0 Å². The van der Waals surface area contributed by atoms with Gasteiger partial charge in [0.2, 0.25) is 5.91 Å². The first-order valence-corrected chi connectivity index (χ1v) is 5.51. The Bertz CT molecular complexity index is 394. The fourth-order valence-electron chi connectivity index (χ4n) is 0.980. The first-order valence-electron chi connectivity index (χ1n) is 4.43. The van der Waals surface area contributed by atoms with Gasteiger partial charge in [0, 0.05) is 3.57 Å². The van der Waals surface area contributed by atoms with Crippen LogP contribution in [0.1, 0.15) is 0 Å². The average Bonchev–Trinajstić information content (AvgIpc) is 2.21. The van der Waals surface area contributed by atoms with Gasteiger partial charge in [-0.3, -0.25) is 4.79 Å². The Kier molecular flexibility index (Phi) is 5.20. The highest BCUT2D eigenvalue weighted by molar-refractivity contribution is 14.1. The van der Waals surface area contributed by atoms with E-state index in [9.17, 15) is 9.59 Å². The Morgan fingerprint density at radius 2 is 2.00 bits per heavy atom. The van der Waals surface area contributed by atoms with E-state index in [4.69, 9.17) is 5.11 Å². The molecule has 0 heterocycles. The summed E-state index contributed by atoms with van der Waals surface area (Å²) in [6.45, 7) is -0.740. The topological polar surface area (TPSA) is 75.6 Å². The van der Waals surface area contributed by atoms with Crippen LogP contribution in [0, 0.1) is 3.57 Å². The highest BCUT2D eigenvalue weighted by Crippen LogP contribution is 2.16. The van der Waals surface area contributed by atoms with Gasteiger partial charge in [-0.05, 0) is 34.7 Å². The number of para-hydroxylation sites is 1. The average molecular weight is 335 g/mol. The normalized spacial score (nSPS) is 9.81. The van der Waals surface area contributed by atoms with Crippen LogP contribution >= 0.6 is 22.6 Å². The van der Waals surface area contributed by atoms with Gasteiger partial charge >= 0.3 is 5.97 Å². The molecule has 5 nitrogen and oxygen atoms in total. The third kappa shape index (κ3) is 4.58. The van der Waals surface area contributed by atoms with Crippen molar-refractivity contribution < 1.29 is 19.4 Å². The molecule has 6 heteroatoms. The summed E-state index contributed by atoms with van der Waals surface area (Å²) in [7, 11) is 0. The van der Waals surface area contributed by atoms with Gasteiger partial charge in [0.05, 0.1) is 5.69 Å². The van der Waals surface area contributed by atoms with Gasteiger partial charge in [-0.2, -0.15) is 0 Å². The third-order valence-corrected chi connectivity index (χ3v) is 2.55. The molecule has 16 heavy (non-hydrogen) atoms. The van der Waals surface area contributed by atoms with E-state index < -0.39 is 12.6 Å². The monoisotopic (exact) mass is 335 g/mol. The number of carbonyl (C=O) groups excluding carboxylic acids is 1. The van der Waals surface area contributed by atoms with Crippen LogP contribution in [-0.2, 0) is 14.3 Å². The van der Waals surface area contributed by atoms with Crippen molar-refractivity contribution in [3.8, 4) is 0 Å². The number of halogens is 1. The minimum absolute atomic E-state index is 0.267. The molecule has 0 saturated heterocycles. The number of carboxylic acid groups (broad SMARTS) is 1. The van der Waals surface area contributed by atoms with Crippen molar-refractivity contribution in [2.45, 2.75) is 0 Å². The Balaban J connectivity index is 2.40. The first-order chi connectivity index (χ1) is 7.59. The molecule has 0 aliphatic heterocycles. The number of amides is 1. The lowest BCUT2D eigenvalue weighted by Crippen LogP contribution is -2.21. The molecule has 0 saturated carbocycles. The lowest BCUT2D eigenvalue weighted by Gasteiger charge is -2.06. The van der Waals surface area contributed by atoms with Crippen molar-refractivity contribution in [3.05, 3.63) is 27.8 Å². The van der Waals surface area contributed by atoms with Crippen molar-refractivity contribution in [1.82, 2.24) is 0 Å². The number of carbonyl (C=O) groups is 2. The van der Waals surface area contributed by atoms with E-state index in [1.54, 1.807) is 12.1 Å². The van der Waals surface area contributed by atoms with E-state index in [1.165, 1.54) is 0 Å². The zero-order valence-electron chi connectivity index (χ0n) is 8.27. The smallest absolute Gasteiger partial charge is 0.329 e. The van der Waals surface area contributed by atoms with Crippen molar-refractivity contribution >= 4 is 40.2 Å². The molecule has 86 valence electrons. The van der Waals surface area contributed by atoms with E-state index in [1.807, 2.05) is 12.1 Å². The summed E-state index contributed by atoms with van der Waals surface area (Å²) in [5, 5.41) is 10.9. The van der Waals surface area contributed by atoms with Crippen molar-refractivity contribution in [1.29, 1.82) is 0 Å². The van der Waals surface area contributed by atoms with Gasteiger partial charge in [0.1, 0.15) is 13.2 Å². The third-order valence-electron chi connectivity index (χ3n) is 1.61. The maximum atomic E-state index is 11.3. The van der Waals surface area contributed by atoms with Crippen LogP contribution in [-0.4, -0.2) is 30.2 Å². The number of carboxylic acids is 1. The van der Waals surface area contributed by atoms with Crippen LogP contribution in [0.15, 0.2) is 24.3 Å². The standard InChI is InChI=1S/C10H10INO4/c11-7-3-1-2-4-8(7)12-9(13)5-16-6-10(14)15/h1-4H,5-6H2,(H,12,13)(H,14,15). The molecule has 1 amide bonds. The zero-order valence-corrected chi connectivity index (χ0v) is 10.4. The predicted octanol–water partition coefficient (Wildman–Crippen LogP) is 1.33. The van der Waals surface area contributed by atoms with E-state index >= 15 is 0 Å². The van der Waals surface area contributed by atoms with Crippen LogP contribution in [0.3, 0.4) is 0 Å². The zero-order chi connectivity index (χ0) is 12.0. The molecular weight excluding hydrogens is 325 g/mol. The molecular formula is C10H10INO4. The molecule has 0 aliphatic rings. The van der Waals surface area contributed by atoms with Crippen LogP contribution in [0.4, 0.5) is 5.69 Å². The number of anilines is 1. The molecule has 2 N–H and O–H groups in total. The Hall–Kier alpha value is -1.15. The molecule has 1 aromatic rings. The first kappa shape index (κ1) is 12.9. The van der Waals surface area contributed by atoms with Gasteiger partial charge < -0.3 is 15.2 Å². The molecule has 0 aliphatic carbocycles. The predicted molar refractivity (Wildman–Crippen MR) is 66.2 cm³/mol. The van der Waals surface area contributed by atoms with Gasteiger partial charge in [-0.1, -0.05) is 12.1 Å². The van der Waals surface area contributed by atoms with E-state index in [-0.39, 0.29) is 12.5 Å². The van der Waals surface area contributed by atoms with Gasteiger partial charge in [0.25, 0.3) is 0 Å². The number of ether oxygens (including phenoxy) is 1. The van der Waals surface area contributed by atoms with Gasteiger partial charge in [-0.25, -0.2) is 4.79 Å². The highest BCUT2D eigenvalue weighted by Gasteiger charge is 2.06. The lowest BCUT2D eigenvalue weighted by atomic mass is 10.3. The fraction of sp³-hybridized carbons (Fsp3) is 0.200. The molecule has 0 bridgehead atoms. The van der Waals surface area contributed by atoms with Crippen LogP contribution < -0.4 is 5.32 Å². The summed E-state index contributed by atoms with van der Waals surface area (Å²) in [4.78, 5) is 21.4. The second kappa shape index (κ2) is 6.44. The SMILES string of the molecule is O=C(O)COCC(=O)Nc1ccccc1I. The lowest BCUT2D eigenvalue weighted by molar-refractivity contribution is -0.143. The summed E-state index contributed by atoms with van der Waals surface area (Å²) in [5.74, 6) is -1.47. The quantitative estimate of drug-likeness (QED) is 0.796. The number of hydrogen-bond donors (Lipinski definition) is 2. The van der Waals surface area contributed by atoms with Crippen LogP contribution in [0.5, 0.6) is 0 Å². The maximum absolute atomic E-state index is 11.3. The Morgan fingerprint density at radius 3 is 2.62 bits per heavy atom. The minimum atomic E-state index is -1.10. The highest BCUT2D eigenvalue weighted by atomic mass is 127. The Labute approximate surface area is 106 Å². The minimum Gasteiger partial charge on any atom is -0.480 e. The van der Waals surface area contributed by atoms with E-state index in [0.717, 1.165) is 3.57 Å². The second-order valence-electron chi connectivity index (χ2n) is 2.91. The molecule has 0 fully saturated rings. The number of rotatable bonds is 5. The number of nitrogens with one attached hydrogen (secondary N) is 1. The summed E-state index contributed by atoms with van der Waals surface area (Å²) in [5.41, 5.74) is 0.687. The molecule has 0 radical (unpaired) electrons. The van der Waals surface area contributed by atoms with E-state index in [2.05, 4.69) is 32.6 Å². The number of benzene rings is 1. The van der Waals surface area contributed by atoms with Crippen LogP contribution in [0.25, 0.3) is 0 Å². The molecule has 0 aromatic heterocycles. The fourth-order valence-corrected chi connectivity index (χ4v) is 1.50. The summed E-state index contributed by atoms with van der Waals surface area (Å²) in [6.07, 6.45) is 0. The van der Waals surface area contributed by atoms with Crippen molar-refractivity contribution in [3.63, 3.8) is 0 Å². The molecule has 0 atom stereocenters.